The second-order valence-corrected chi connectivity index (χ2v) is 7.20. The molecule has 128 valence electrons. The molecule has 0 unspecified atom stereocenters. The van der Waals surface area contributed by atoms with Gasteiger partial charge in [0.05, 0.1) is 16.6 Å². The van der Waals surface area contributed by atoms with Crippen molar-refractivity contribution < 1.29 is 13.4 Å². The molecule has 0 bridgehead atoms. The van der Waals surface area contributed by atoms with E-state index in [9.17, 15) is 9.00 Å². The maximum absolute atomic E-state index is 12.3. The van der Waals surface area contributed by atoms with Crippen LogP contribution in [0.1, 0.15) is 21.9 Å². The number of halogens is 1. The third-order valence-electron chi connectivity index (χ3n) is 3.56. The Morgan fingerprint density at radius 1 is 1.00 bits per heavy atom. The van der Waals surface area contributed by atoms with Crippen molar-refractivity contribution in [1.82, 2.24) is 5.32 Å². The van der Waals surface area contributed by atoms with Crippen LogP contribution in [-0.2, 0) is 23.1 Å². The minimum absolute atomic E-state index is 0.187. The summed E-state index contributed by atoms with van der Waals surface area (Å²) in [6.07, 6.45) is 0. The topological polar surface area (TPSA) is 59.3 Å². The van der Waals surface area contributed by atoms with Gasteiger partial charge in [0, 0.05) is 16.5 Å². The van der Waals surface area contributed by atoms with Gasteiger partial charge in [-0.05, 0) is 35.9 Å². The van der Waals surface area contributed by atoms with E-state index in [0.29, 0.717) is 17.3 Å². The number of furan rings is 1. The average molecular weight is 374 g/mol. The first-order chi connectivity index (χ1) is 12.1. The largest absolute Gasteiger partial charge is 0.455 e. The first-order valence-corrected chi connectivity index (χ1v) is 9.37. The van der Waals surface area contributed by atoms with Crippen LogP contribution in [0, 0.1) is 0 Å². The lowest BCUT2D eigenvalue weighted by molar-refractivity contribution is 0.0921. The number of benzene rings is 2. The molecule has 1 aromatic heterocycles. The molecule has 2 aromatic carbocycles. The highest BCUT2D eigenvalue weighted by Crippen LogP contribution is 2.16. The van der Waals surface area contributed by atoms with Crippen LogP contribution < -0.4 is 5.32 Å². The molecule has 0 fully saturated rings. The highest BCUT2D eigenvalue weighted by molar-refractivity contribution is 7.84. The van der Waals surface area contributed by atoms with Crippen molar-refractivity contribution in [2.45, 2.75) is 17.2 Å². The normalized spacial score (nSPS) is 11.9. The molecular weight excluding hydrogens is 358 g/mol. The molecule has 3 rings (SSSR count). The Balaban J connectivity index is 1.60. The molecule has 0 aliphatic carbocycles. The molecule has 0 spiro atoms. The maximum Gasteiger partial charge on any atom is 0.287 e. The summed E-state index contributed by atoms with van der Waals surface area (Å²) in [5.74, 6) is 0.579. The highest BCUT2D eigenvalue weighted by Gasteiger charge is 2.14. The first kappa shape index (κ1) is 17.5. The molecule has 0 saturated carbocycles. The van der Waals surface area contributed by atoms with Gasteiger partial charge in [-0.15, -0.1) is 0 Å². The fourth-order valence-electron chi connectivity index (χ4n) is 2.27. The molecule has 1 heterocycles. The molecule has 1 N–H and O–H groups in total. The lowest BCUT2D eigenvalue weighted by Gasteiger charge is -2.05. The van der Waals surface area contributed by atoms with E-state index in [1.54, 1.807) is 30.3 Å². The van der Waals surface area contributed by atoms with Gasteiger partial charge in [-0.2, -0.15) is 0 Å². The van der Waals surface area contributed by atoms with Crippen LogP contribution in [-0.4, -0.2) is 10.1 Å². The van der Waals surface area contributed by atoms with Crippen molar-refractivity contribution in [3.8, 4) is 0 Å². The number of rotatable bonds is 6. The molecule has 0 radical (unpaired) electrons. The summed E-state index contributed by atoms with van der Waals surface area (Å²) in [5, 5.41) is 3.36. The number of amides is 1. The number of nitrogens with one attached hydrogen (secondary N) is 1. The average Bonchev–Trinajstić information content (AvgIpc) is 3.10. The maximum atomic E-state index is 12.3. The minimum Gasteiger partial charge on any atom is -0.455 e. The lowest BCUT2D eigenvalue weighted by atomic mass is 10.2. The van der Waals surface area contributed by atoms with Gasteiger partial charge in [0.2, 0.25) is 0 Å². The smallest absolute Gasteiger partial charge is 0.287 e. The molecule has 3 aromatic rings. The highest BCUT2D eigenvalue weighted by atomic mass is 35.5. The number of carbonyl (C=O) groups is 1. The standard InChI is InChI=1S/C19H16ClNO3S/c20-17-9-5-4-6-14(17)12-21-19(22)18-11-10-15(24-18)13-25(23)16-7-2-1-3-8-16/h1-11H,12-13H2,(H,21,22)/t25-/m1/s1. The molecule has 0 saturated heterocycles. The SMILES string of the molecule is O=C(NCc1ccccc1Cl)c1ccc(C[S@@](=O)c2ccccc2)o1. The molecule has 0 aliphatic rings. The molecule has 4 nitrogen and oxygen atoms in total. The molecular formula is C19H16ClNO3S. The van der Waals surface area contributed by atoms with Gasteiger partial charge in [0.25, 0.3) is 5.91 Å². The summed E-state index contributed by atoms with van der Waals surface area (Å²) in [5.41, 5.74) is 0.828. The summed E-state index contributed by atoms with van der Waals surface area (Å²) < 4.78 is 17.8. The first-order valence-electron chi connectivity index (χ1n) is 7.67. The van der Waals surface area contributed by atoms with Crippen molar-refractivity contribution in [3.05, 3.63) is 88.8 Å². The van der Waals surface area contributed by atoms with Gasteiger partial charge in [-0.3, -0.25) is 9.00 Å². The third-order valence-corrected chi connectivity index (χ3v) is 5.28. The Kier molecular flexibility index (Phi) is 5.68. The summed E-state index contributed by atoms with van der Waals surface area (Å²) in [6.45, 7) is 0.310. The lowest BCUT2D eigenvalue weighted by Crippen LogP contribution is -2.22. The zero-order valence-corrected chi connectivity index (χ0v) is 14.8. The molecule has 6 heteroatoms. The van der Waals surface area contributed by atoms with Gasteiger partial charge in [-0.25, -0.2) is 0 Å². The molecule has 0 aliphatic heterocycles. The second-order valence-electron chi connectivity index (χ2n) is 5.34. The summed E-state index contributed by atoms with van der Waals surface area (Å²) in [4.78, 5) is 12.9. The quantitative estimate of drug-likeness (QED) is 0.705. The Hall–Kier alpha value is -2.37. The Labute approximate surface area is 153 Å². The number of hydrogen-bond donors (Lipinski definition) is 1. The summed E-state index contributed by atoms with van der Waals surface area (Å²) in [6, 6.07) is 19.7. The van der Waals surface area contributed by atoms with Crippen LogP contribution in [0.5, 0.6) is 0 Å². The fraction of sp³-hybridized carbons (Fsp3) is 0.105. The van der Waals surface area contributed by atoms with E-state index in [2.05, 4.69) is 5.32 Å². The van der Waals surface area contributed by atoms with Crippen molar-refractivity contribution >= 4 is 28.3 Å². The van der Waals surface area contributed by atoms with E-state index >= 15 is 0 Å². The van der Waals surface area contributed by atoms with E-state index in [1.807, 2.05) is 36.4 Å². The van der Waals surface area contributed by atoms with Gasteiger partial charge in [-0.1, -0.05) is 48.0 Å². The Morgan fingerprint density at radius 3 is 2.48 bits per heavy atom. The van der Waals surface area contributed by atoms with Crippen LogP contribution in [0.2, 0.25) is 5.02 Å². The van der Waals surface area contributed by atoms with E-state index in [0.717, 1.165) is 10.5 Å². The Morgan fingerprint density at radius 2 is 1.72 bits per heavy atom. The van der Waals surface area contributed by atoms with Crippen LogP contribution in [0.3, 0.4) is 0 Å². The number of carbonyl (C=O) groups excluding carboxylic acids is 1. The van der Waals surface area contributed by atoms with Crippen molar-refractivity contribution in [1.29, 1.82) is 0 Å². The van der Waals surface area contributed by atoms with E-state index in [-0.39, 0.29) is 17.4 Å². The fourth-order valence-corrected chi connectivity index (χ4v) is 3.51. The van der Waals surface area contributed by atoms with Gasteiger partial charge >= 0.3 is 0 Å². The predicted octanol–water partition coefficient (Wildman–Crippen LogP) is 4.17. The van der Waals surface area contributed by atoms with Gasteiger partial charge in [0.15, 0.2) is 5.76 Å². The summed E-state index contributed by atoms with van der Waals surface area (Å²) in [7, 11) is -1.21. The molecule has 25 heavy (non-hydrogen) atoms. The van der Waals surface area contributed by atoms with Gasteiger partial charge < -0.3 is 9.73 Å². The molecule has 1 atom stereocenters. The Bertz CT molecular complexity index is 892. The number of hydrogen-bond acceptors (Lipinski definition) is 3. The van der Waals surface area contributed by atoms with Crippen LogP contribution in [0.15, 0.2) is 76.0 Å². The zero-order valence-electron chi connectivity index (χ0n) is 13.3. The minimum atomic E-state index is -1.21. The summed E-state index contributed by atoms with van der Waals surface area (Å²) >= 11 is 6.06. The second kappa shape index (κ2) is 8.14. The van der Waals surface area contributed by atoms with Crippen molar-refractivity contribution in [3.63, 3.8) is 0 Å². The zero-order chi connectivity index (χ0) is 17.6. The van der Waals surface area contributed by atoms with Crippen LogP contribution >= 0.6 is 11.6 Å². The van der Waals surface area contributed by atoms with Gasteiger partial charge in [0.1, 0.15) is 5.76 Å². The van der Waals surface area contributed by atoms with Crippen LogP contribution in [0.4, 0.5) is 0 Å². The molecule has 1 amide bonds. The van der Waals surface area contributed by atoms with E-state index in [1.165, 1.54) is 0 Å². The van der Waals surface area contributed by atoms with Crippen LogP contribution in [0.25, 0.3) is 0 Å². The van der Waals surface area contributed by atoms with E-state index < -0.39 is 10.8 Å². The van der Waals surface area contributed by atoms with Crippen molar-refractivity contribution in [2.75, 3.05) is 0 Å². The van der Waals surface area contributed by atoms with Crippen molar-refractivity contribution in [2.24, 2.45) is 0 Å². The monoisotopic (exact) mass is 373 g/mol. The third kappa shape index (κ3) is 4.59. The predicted molar refractivity (Wildman–Crippen MR) is 97.9 cm³/mol. The van der Waals surface area contributed by atoms with E-state index in [4.69, 9.17) is 16.0 Å².